The fraction of sp³-hybridized carbons (Fsp3) is 0.727. The maximum atomic E-state index is 4.53. The largest absolute Gasteiger partial charge is 0.373 e. The molecule has 16 heavy (non-hydrogen) atoms. The second-order valence-corrected chi connectivity index (χ2v) is 4.17. The predicted octanol–water partition coefficient (Wildman–Crippen LogP) is 0.920. The van der Waals surface area contributed by atoms with Gasteiger partial charge >= 0.3 is 0 Å². The Balaban J connectivity index is 1.75. The van der Waals surface area contributed by atoms with Crippen molar-refractivity contribution < 1.29 is 0 Å². The minimum absolute atomic E-state index is 0.894. The molecule has 0 bridgehead atoms. The number of hydrogen-bond donors (Lipinski definition) is 1. The first-order chi connectivity index (χ1) is 7.86. The van der Waals surface area contributed by atoms with Crippen LogP contribution in [0.5, 0.6) is 0 Å². The monoisotopic (exact) mass is 221 g/mol. The standard InChI is InChI=1S/C11H19N5/c1-16-9-14-15-11(16)6-8-13-10-5-3-2-4-7-12-10/h9H,2-8H2,1H3,(H,12,13). The van der Waals surface area contributed by atoms with Crippen LogP contribution in [0.1, 0.15) is 31.5 Å². The number of amidine groups is 1. The topological polar surface area (TPSA) is 55.1 Å². The molecule has 1 aromatic rings. The molecule has 88 valence electrons. The van der Waals surface area contributed by atoms with E-state index in [0.717, 1.165) is 31.8 Å². The fourth-order valence-corrected chi connectivity index (χ4v) is 1.87. The Kier molecular flexibility index (Phi) is 3.91. The average molecular weight is 221 g/mol. The van der Waals surface area contributed by atoms with E-state index in [0.29, 0.717) is 0 Å². The van der Waals surface area contributed by atoms with Gasteiger partial charge in [-0.2, -0.15) is 0 Å². The highest BCUT2D eigenvalue weighted by atomic mass is 15.2. The average Bonchev–Trinajstić information content (AvgIpc) is 2.55. The summed E-state index contributed by atoms with van der Waals surface area (Å²) in [5.41, 5.74) is 0. The van der Waals surface area contributed by atoms with Crippen molar-refractivity contribution in [3.63, 3.8) is 0 Å². The summed E-state index contributed by atoms with van der Waals surface area (Å²) in [6.45, 7) is 1.87. The van der Waals surface area contributed by atoms with Crippen LogP contribution in [0.3, 0.4) is 0 Å². The van der Waals surface area contributed by atoms with E-state index in [4.69, 9.17) is 0 Å². The summed E-state index contributed by atoms with van der Waals surface area (Å²) in [7, 11) is 1.97. The molecule has 1 aliphatic rings. The molecule has 2 rings (SSSR count). The van der Waals surface area contributed by atoms with Crippen molar-refractivity contribution in [2.45, 2.75) is 32.1 Å². The molecule has 0 aromatic carbocycles. The Labute approximate surface area is 96.0 Å². The summed E-state index contributed by atoms with van der Waals surface area (Å²) in [5, 5.41) is 11.3. The number of nitrogens with one attached hydrogen (secondary N) is 1. The summed E-state index contributed by atoms with van der Waals surface area (Å²) >= 11 is 0. The van der Waals surface area contributed by atoms with Gasteiger partial charge in [-0.1, -0.05) is 6.42 Å². The highest BCUT2D eigenvalue weighted by molar-refractivity contribution is 5.82. The quantitative estimate of drug-likeness (QED) is 0.825. The lowest BCUT2D eigenvalue weighted by Crippen LogP contribution is -2.26. The maximum absolute atomic E-state index is 4.53. The second kappa shape index (κ2) is 5.63. The Bertz CT molecular complexity index is 355. The van der Waals surface area contributed by atoms with E-state index in [9.17, 15) is 0 Å². The first-order valence-electron chi connectivity index (χ1n) is 5.96. The highest BCUT2D eigenvalue weighted by Crippen LogP contribution is 2.05. The van der Waals surface area contributed by atoms with E-state index in [1.165, 1.54) is 25.1 Å². The molecule has 0 amide bonds. The first kappa shape index (κ1) is 11.1. The third-order valence-electron chi connectivity index (χ3n) is 2.86. The van der Waals surface area contributed by atoms with Crippen molar-refractivity contribution in [3.8, 4) is 0 Å². The lowest BCUT2D eigenvalue weighted by Gasteiger charge is -2.07. The molecule has 0 saturated heterocycles. The number of aliphatic imine (C=N–C) groups is 1. The number of aryl methyl sites for hydroxylation is 1. The summed E-state index contributed by atoms with van der Waals surface area (Å²) in [6, 6.07) is 0. The summed E-state index contributed by atoms with van der Waals surface area (Å²) in [6.07, 6.45) is 7.52. The van der Waals surface area contributed by atoms with Gasteiger partial charge in [-0.3, -0.25) is 4.99 Å². The molecule has 1 aromatic heterocycles. The van der Waals surface area contributed by atoms with Crippen molar-refractivity contribution >= 4 is 5.84 Å². The van der Waals surface area contributed by atoms with Crippen molar-refractivity contribution in [1.82, 2.24) is 20.1 Å². The third kappa shape index (κ3) is 3.05. The van der Waals surface area contributed by atoms with Gasteiger partial charge in [0.1, 0.15) is 12.2 Å². The molecule has 1 N–H and O–H groups in total. The summed E-state index contributed by atoms with van der Waals surface area (Å²) in [5.74, 6) is 2.18. The molecule has 0 aliphatic carbocycles. The van der Waals surface area contributed by atoms with Gasteiger partial charge in [-0.25, -0.2) is 0 Å². The molecule has 0 fully saturated rings. The van der Waals surface area contributed by atoms with Gasteiger partial charge in [0.2, 0.25) is 0 Å². The zero-order chi connectivity index (χ0) is 11.2. The molecule has 5 nitrogen and oxygen atoms in total. The van der Waals surface area contributed by atoms with Gasteiger partial charge in [-0.15, -0.1) is 10.2 Å². The van der Waals surface area contributed by atoms with E-state index < -0.39 is 0 Å². The van der Waals surface area contributed by atoms with Crippen LogP contribution >= 0.6 is 0 Å². The van der Waals surface area contributed by atoms with Crippen molar-refractivity contribution in [2.75, 3.05) is 13.1 Å². The molecule has 0 radical (unpaired) electrons. The highest BCUT2D eigenvalue weighted by Gasteiger charge is 2.04. The zero-order valence-electron chi connectivity index (χ0n) is 9.82. The molecule has 2 heterocycles. The Hall–Kier alpha value is -1.39. The van der Waals surface area contributed by atoms with Crippen LogP contribution in [0, 0.1) is 0 Å². The lowest BCUT2D eigenvalue weighted by molar-refractivity contribution is 0.721. The number of aromatic nitrogens is 3. The summed E-state index contributed by atoms with van der Waals surface area (Å²) in [4.78, 5) is 4.53. The van der Waals surface area contributed by atoms with Gasteiger partial charge in [0.25, 0.3) is 0 Å². The van der Waals surface area contributed by atoms with Gasteiger partial charge in [-0.05, 0) is 12.8 Å². The number of hydrogen-bond acceptors (Lipinski definition) is 4. The Morgan fingerprint density at radius 3 is 3.12 bits per heavy atom. The fourth-order valence-electron chi connectivity index (χ4n) is 1.87. The van der Waals surface area contributed by atoms with Crippen LogP contribution in [0.2, 0.25) is 0 Å². The lowest BCUT2D eigenvalue weighted by atomic mass is 10.2. The van der Waals surface area contributed by atoms with Crippen LogP contribution < -0.4 is 5.32 Å². The second-order valence-electron chi connectivity index (χ2n) is 4.17. The third-order valence-corrected chi connectivity index (χ3v) is 2.86. The van der Waals surface area contributed by atoms with Gasteiger partial charge in [0, 0.05) is 33.0 Å². The van der Waals surface area contributed by atoms with Gasteiger partial charge < -0.3 is 9.88 Å². The molecule has 1 aliphatic heterocycles. The van der Waals surface area contributed by atoms with Crippen LogP contribution in [-0.4, -0.2) is 33.7 Å². The maximum Gasteiger partial charge on any atom is 0.134 e. The van der Waals surface area contributed by atoms with E-state index in [-0.39, 0.29) is 0 Å². The van der Waals surface area contributed by atoms with E-state index in [1.807, 2.05) is 11.6 Å². The summed E-state index contributed by atoms with van der Waals surface area (Å²) < 4.78 is 1.95. The van der Waals surface area contributed by atoms with Crippen LogP contribution in [0.25, 0.3) is 0 Å². The van der Waals surface area contributed by atoms with Crippen LogP contribution in [0.15, 0.2) is 11.3 Å². The molecular formula is C11H19N5. The molecular weight excluding hydrogens is 202 g/mol. The molecule has 0 saturated carbocycles. The van der Waals surface area contributed by atoms with Gasteiger partial charge in [0.15, 0.2) is 0 Å². The Morgan fingerprint density at radius 2 is 2.31 bits per heavy atom. The first-order valence-corrected chi connectivity index (χ1v) is 5.96. The zero-order valence-corrected chi connectivity index (χ0v) is 9.82. The number of nitrogens with zero attached hydrogens (tertiary/aromatic N) is 4. The van der Waals surface area contributed by atoms with Gasteiger partial charge in [0.05, 0.1) is 5.84 Å². The smallest absolute Gasteiger partial charge is 0.134 e. The minimum atomic E-state index is 0.894. The number of rotatable bonds is 3. The Morgan fingerprint density at radius 1 is 1.38 bits per heavy atom. The van der Waals surface area contributed by atoms with E-state index >= 15 is 0 Å². The van der Waals surface area contributed by atoms with Crippen LogP contribution in [-0.2, 0) is 13.5 Å². The molecule has 5 heteroatoms. The van der Waals surface area contributed by atoms with E-state index in [2.05, 4.69) is 20.5 Å². The van der Waals surface area contributed by atoms with Crippen molar-refractivity contribution in [2.24, 2.45) is 12.0 Å². The van der Waals surface area contributed by atoms with Crippen molar-refractivity contribution in [3.05, 3.63) is 12.2 Å². The SMILES string of the molecule is Cn1cnnc1CCNC1=NCCCCC1. The molecule has 0 spiro atoms. The minimum Gasteiger partial charge on any atom is -0.373 e. The predicted molar refractivity (Wildman–Crippen MR) is 63.5 cm³/mol. The van der Waals surface area contributed by atoms with Crippen molar-refractivity contribution in [1.29, 1.82) is 0 Å². The van der Waals surface area contributed by atoms with Crippen LogP contribution in [0.4, 0.5) is 0 Å². The normalized spacial score (nSPS) is 16.7. The molecule has 0 unspecified atom stereocenters. The molecule has 0 atom stereocenters. The van der Waals surface area contributed by atoms with E-state index in [1.54, 1.807) is 6.33 Å².